The Morgan fingerprint density at radius 1 is 1.41 bits per heavy atom. The lowest BCUT2D eigenvalue weighted by atomic mass is 9.87. The van der Waals surface area contributed by atoms with Crippen molar-refractivity contribution in [3.05, 3.63) is 34.6 Å². The van der Waals surface area contributed by atoms with E-state index in [4.69, 9.17) is 16.3 Å². The summed E-state index contributed by atoms with van der Waals surface area (Å²) in [5, 5.41) is 3.69. The molecule has 2 nitrogen and oxygen atoms in total. The summed E-state index contributed by atoms with van der Waals surface area (Å²) < 4.78 is 19.2. The molecule has 1 aromatic rings. The lowest BCUT2D eigenvalue weighted by molar-refractivity contribution is 0.0542. The zero-order valence-corrected chi connectivity index (χ0v) is 10.6. The highest BCUT2D eigenvalue weighted by Crippen LogP contribution is 2.34. The van der Waals surface area contributed by atoms with E-state index in [1.165, 1.54) is 6.07 Å². The van der Waals surface area contributed by atoms with Crippen LogP contribution >= 0.6 is 11.6 Å². The molecule has 4 heteroatoms. The van der Waals surface area contributed by atoms with E-state index >= 15 is 0 Å². The van der Waals surface area contributed by atoms with Crippen molar-refractivity contribution in [2.24, 2.45) is 5.92 Å². The topological polar surface area (TPSA) is 21.3 Å². The van der Waals surface area contributed by atoms with Crippen LogP contribution in [0.1, 0.15) is 24.4 Å². The Labute approximate surface area is 106 Å². The van der Waals surface area contributed by atoms with Gasteiger partial charge in [-0.2, -0.15) is 0 Å². The van der Waals surface area contributed by atoms with E-state index in [9.17, 15) is 4.39 Å². The monoisotopic (exact) mass is 257 g/mol. The minimum atomic E-state index is -0.233. The molecule has 1 saturated heterocycles. The Morgan fingerprint density at radius 3 is 2.71 bits per heavy atom. The van der Waals surface area contributed by atoms with Crippen molar-refractivity contribution < 1.29 is 9.13 Å². The van der Waals surface area contributed by atoms with Gasteiger partial charge in [0.15, 0.2) is 0 Å². The average Bonchev–Trinajstić information content (AvgIpc) is 2.35. The smallest absolute Gasteiger partial charge is 0.129 e. The predicted octanol–water partition coefficient (Wildman–Crippen LogP) is 3.17. The highest BCUT2D eigenvalue weighted by Gasteiger charge is 2.27. The Kier molecular flexibility index (Phi) is 4.37. The molecule has 0 amide bonds. The van der Waals surface area contributed by atoms with Gasteiger partial charge in [-0.15, -0.1) is 0 Å². The van der Waals surface area contributed by atoms with E-state index < -0.39 is 0 Å². The minimum Gasteiger partial charge on any atom is -0.381 e. The molecule has 1 aliphatic heterocycles. The Hall–Kier alpha value is -0.640. The van der Waals surface area contributed by atoms with Gasteiger partial charge < -0.3 is 10.1 Å². The molecule has 94 valence electrons. The summed E-state index contributed by atoms with van der Waals surface area (Å²) in [5.41, 5.74) is 0.587. The molecule has 17 heavy (non-hydrogen) atoms. The Bertz CT molecular complexity index is 359. The Balaban J connectivity index is 2.27. The standard InChI is InChI=1S/C13H17ClFNO/c1-16-13(9-5-7-17-8-6-9)12-10(14)3-2-4-11(12)15/h2-4,9,13,16H,5-8H2,1H3. The molecular formula is C13H17ClFNO. The van der Waals surface area contributed by atoms with Gasteiger partial charge in [0.25, 0.3) is 0 Å². The fourth-order valence-electron chi connectivity index (χ4n) is 2.47. The van der Waals surface area contributed by atoms with Gasteiger partial charge >= 0.3 is 0 Å². The van der Waals surface area contributed by atoms with Crippen LogP contribution in [0, 0.1) is 11.7 Å². The second-order valence-corrected chi connectivity index (χ2v) is 4.76. The predicted molar refractivity (Wildman–Crippen MR) is 66.8 cm³/mol. The molecule has 0 bridgehead atoms. The van der Waals surface area contributed by atoms with Gasteiger partial charge in [-0.3, -0.25) is 0 Å². The molecule has 1 N–H and O–H groups in total. The molecule has 0 aliphatic carbocycles. The summed E-state index contributed by atoms with van der Waals surface area (Å²) in [4.78, 5) is 0. The zero-order valence-electron chi connectivity index (χ0n) is 9.88. The summed E-state index contributed by atoms with van der Waals surface area (Å²) in [6, 6.07) is 4.81. The summed E-state index contributed by atoms with van der Waals surface area (Å²) >= 11 is 6.11. The molecule has 0 saturated carbocycles. The van der Waals surface area contributed by atoms with E-state index in [0.29, 0.717) is 16.5 Å². The fourth-order valence-corrected chi connectivity index (χ4v) is 2.75. The molecule has 1 atom stereocenters. The molecule has 1 unspecified atom stereocenters. The summed E-state index contributed by atoms with van der Waals surface area (Å²) in [7, 11) is 1.85. The Morgan fingerprint density at radius 2 is 2.12 bits per heavy atom. The van der Waals surface area contributed by atoms with Crippen LogP contribution in [0.15, 0.2) is 18.2 Å². The van der Waals surface area contributed by atoms with E-state index in [1.54, 1.807) is 12.1 Å². The van der Waals surface area contributed by atoms with Crippen LogP contribution in [0.25, 0.3) is 0 Å². The van der Waals surface area contributed by atoms with E-state index in [2.05, 4.69) is 5.32 Å². The first-order valence-electron chi connectivity index (χ1n) is 5.93. The lowest BCUT2D eigenvalue weighted by Crippen LogP contribution is -2.30. The van der Waals surface area contributed by atoms with Crippen LogP contribution in [0.5, 0.6) is 0 Å². The third-order valence-corrected chi connectivity index (χ3v) is 3.69. The number of hydrogen-bond acceptors (Lipinski definition) is 2. The van der Waals surface area contributed by atoms with Crippen molar-refractivity contribution >= 4 is 11.6 Å². The van der Waals surface area contributed by atoms with Crippen molar-refractivity contribution in [1.82, 2.24) is 5.32 Å². The molecule has 0 aromatic heterocycles. The first-order valence-corrected chi connectivity index (χ1v) is 6.30. The quantitative estimate of drug-likeness (QED) is 0.898. The molecule has 2 rings (SSSR count). The molecule has 1 heterocycles. The van der Waals surface area contributed by atoms with Crippen LogP contribution in [0.3, 0.4) is 0 Å². The molecular weight excluding hydrogens is 241 g/mol. The second-order valence-electron chi connectivity index (χ2n) is 4.35. The summed E-state index contributed by atoms with van der Waals surface area (Å²) in [6.07, 6.45) is 1.88. The van der Waals surface area contributed by atoms with Crippen molar-refractivity contribution in [3.63, 3.8) is 0 Å². The lowest BCUT2D eigenvalue weighted by Gasteiger charge is -2.31. The molecule has 1 fully saturated rings. The highest BCUT2D eigenvalue weighted by molar-refractivity contribution is 6.31. The molecule has 1 aromatic carbocycles. The van der Waals surface area contributed by atoms with Gasteiger partial charge in [-0.05, 0) is 37.9 Å². The minimum absolute atomic E-state index is 0.0346. The average molecular weight is 258 g/mol. The van der Waals surface area contributed by atoms with Gasteiger partial charge in [0, 0.05) is 29.8 Å². The van der Waals surface area contributed by atoms with Crippen LogP contribution in [-0.2, 0) is 4.74 Å². The van der Waals surface area contributed by atoms with Gasteiger partial charge in [0.05, 0.1) is 0 Å². The van der Waals surface area contributed by atoms with E-state index in [0.717, 1.165) is 26.1 Å². The van der Waals surface area contributed by atoms with Gasteiger partial charge in [0.2, 0.25) is 0 Å². The van der Waals surface area contributed by atoms with Gasteiger partial charge in [-0.25, -0.2) is 4.39 Å². The van der Waals surface area contributed by atoms with Gasteiger partial charge in [-0.1, -0.05) is 17.7 Å². The zero-order chi connectivity index (χ0) is 12.3. The fraction of sp³-hybridized carbons (Fsp3) is 0.538. The van der Waals surface area contributed by atoms with Crippen molar-refractivity contribution in [1.29, 1.82) is 0 Å². The van der Waals surface area contributed by atoms with Crippen LogP contribution in [-0.4, -0.2) is 20.3 Å². The van der Waals surface area contributed by atoms with Crippen molar-refractivity contribution in [2.75, 3.05) is 20.3 Å². The third-order valence-electron chi connectivity index (χ3n) is 3.36. The van der Waals surface area contributed by atoms with Crippen molar-refractivity contribution in [2.45, 2.75) is 18.9 Å². The van der Waals surface area contributed by atoms with Crippen LogP contribution in [0.4, 0.5) is 4.39 Å². The van der Waals surface area contributed by atoms with Crippen LogP contribution < -0.4 is 5.32 Å². The van der Waals surface area contributed by atoms with Gasteiger partial charge in [0.1, 0.15) is 5.82 Å². The summed E-state index contributed by atoms with van der Waals surface area (Å²) in [5.74, 6) is 0.145. The number of hydrogen-bond donors (Lipinski definition) is 1. The number of rotatable bonds is 3. The number of ether oxygens (including phenoxy) is 1. The highest BCUT2D eigenvalue weighted by atomic mass is 35.5. The van der Waals surface area contributed by atoms with E-state index in [-0.39, 0.29) is 11.9 Å². The number of nitrogens with one attached hydrogen (secondary N) is 1. The number of benzene rings is 1. The van der Waals surface area contributed by atoms with E-state index in [1.807, 2.05) is 7.05 Å². The molecule has 0 radical (unpaired) electrons. The first-order chi connectivity index (χ1) is 8.24. The second kappa shape index (κ2) is 5.80. The largest absolute Gasteiger partial charge is 0.381 e. The maximum atomic E-state index is 13.9. The maximum absolute atomic E-state index is 13.9. The normalized spacial score (nSPS) is 19.2. The van der Waals surface area contributed by atoms with Crippen LogP contribution in [0.2, 0.25) is 5.02 Å². The summed E-state index contributed by atoms with van der Waals surface area (Å²) in [6.45, 7) is 1.49. The SMILES string of the molecule is CNC(c1c(F)cccc1Cl)C1CCOCC1. The molecule has 1 aliphatic rings. The first kappa shape index (κ1) is 12.8. The maximum Gasteiger partial charge on any atom is 0.129 e. The third kappa shape index (κ3) is 2.79. The number of halogens is 2. The molecule has 0 spiro atoms. The van der Waals surface area contributed by atoms with Crippen molar-refractivity contribution in [3.8, 4) is 0 Å².